The molecule has 0 atom stereocenters. The molecule has 0 unspecified atom stereocenters. The normalized spacial score (nSPS) is 22.1. The van der Waals surface area contributed by atoms with Crippen LogP contribution in [-0.2, 0) is 10.0 Å². The predicted octanol–water partition coefficient (Wildman–Crippen LogP) is 1.58. The van der Waals surface area contributed by atoms with Gasteiger partial charge >= 0.3 is 0 Å². The summed E-state index contributed by atoms with van der Waals surface area (Å²) in [7, 11) is -3.60. The van der Waals surface area contributed by atoms with Crippen molar-refractivity contribution in [3.63, 3.8) is 0 Å². The third-order valence-electron chi connectivity index (χ3n) is 3.58. The largest absolute Gasteiger partial charge is 0.286 e. The first-order chi connectivity index (χ1) is 8.49. The highest BCUT2D eigenvalue weighted by Gasteiger charge is 2.35. The summed E-state index contributed by atoms with van der Waals surface area (Å²) in [6.07, 6.45) is 3.03. The Labute approximate surface area is 106 Å². The number of aryl methyl sites for hydroxylation is 1. The molecule has 3 rings (SSSR count). The summed E-state index contributed by atoms with van der Waals surface area (Å²) in [6, 6.07) is 5.22. The van der Waals surface area contributed by atoms with Gasteiger partial charge in [0.2, 0.25) is 0 Å². The van der Waals surface area contributed by atoms with Gasteiger partial charge < -0.3 is 0 Å². The summed E-state index contributed by atoms with van der Waals surface area (Å²) in [5.74, 6) is 6.67. The number of hydrogen-bond donors (Lipinski definition) is 1. The van der Waals surface area contributed by atoms with E-state index in [2.05, 4.69) is 4.40 Å². The van der Waals surface area contributed by atoms with Gasteiger partial charge in [0.05, 0.1) is 5.69 Å². The van der Waals surface area contributed by atoms with Gasteiger partial charge in [-0.05, 0) is 37.5 Å². The number of amidine groups is 1. The average molecular weight is 265 g/mol. The molecule has 0 bridgehead atoms. The molecule has 2 N–H and O–H groups in total. The van der Waals surface area contributed by atoms with E-state index in [0.29, 0.717) is 11.5 Å². The molecule has 18 heavy (non-hydrogen) atoms. The van der Waals surface area contributed by atoms with Gasteiger partial charge in [-0.15, -0.1) is 4.40 Å². The Bertz CT molecular complexity index is 633. The summed E-state index contributed by atoms with van der Waals surface area (Å²) in [4.78, 5) is 0.202. The number of hydrazine groups is 1. The van der Waals surface area contributed by atoms with E-state index in [1.807, 2.05) is 13.0 Å². The Morgan fingerprint density at radius 1 is 1.39 bits per heavy atom. The first-order valence-electron chi connectivity index (χ1n) is 5.99. The van der Waals surface area contributed by atoms with E-state index in [9.17, 15) is 8.42 Å². The number of hydrogen-bond acceptors (Lipinski definition) is 4. The summed E-state index contributed by atoms with van der Waals surface area (Å²) >= 11 is 0. The fourth-order valence-electron chi connectivity index (χ4n) is 2.30. The first-order valence-corrected chi connectivity index (χ1v) is 7.43. The Kier molecular flexibility index (Phi) is 2.46. The number of fused-ring (bicyclic) bond motifs is 1. The van der Waals surface area contributed by atoms with E-state index < -0.39 is 10.0 Å². The number of sulfonamides is 1. The van der Waals surface area contributed by atoms with Gasteiger partial charge in [0.1, 0.15) is 10.7 Å². The number of rotatable bonds is 1. The van der Waals surface area contributed by atoms with Crippen LogP contribution < -0.4 is 10.9 Å². The topological polar surface area (TPSA) is 75.8 Å². The molecule has 1 aromatic carbocycles. The van der Waals surface area contributed by atoms with Crippen molar-refractivity contribution in [2.24, 2.45) is 16.2 Å². The minimum Gasteiger partial charge on any atom is -0.264 e. The molecule has 0 amide bonds. The van der Waals surface area contributed by atoms with Crippen LogP contribution in [0.2, 0.25) is 0 Å². The molecule has 0 radical (unpaired) electrons. The Balaban J connectivity index is 2.16. The van der Waals surface area contributed by atoms with Gasteiger partial charge in [0, 0.05) is 5.92 Å². The standard InChI is InChI=1S/C12H15N3O2S/c1-8-5-6-10-11(7-8)18(16,17)14-12(15(10)13)9-3-2-4-9/h5-7,9H,2-4,13H2,1H3. The lowest BCUT2D eigenvalue weighted by Crippen LogP contribution is -2.46. The Morgan fingerprint density at radius 2 is 2.11 bits per heavy atom. The monoisotopic (exact) mass is 265 g/mol. The van der Waals surface area contributed by atoms with Crippen molar-refractivity contribution in [2.75, 3.05) is 5.01 Å². The van der Waals surface area contributed by atoms with Crippen LogP contribution in [0, 0.1) is 12.8 Å². The predicted molar refractivity (Wildman–Crippen MR) is 69.8 cm³/mol. The fraction of sp³-hybridized carbons (Fsp3) is 0.417. The quantitative estimate of drug-likeness (QED) is 0.782. The lowest BCUT2D eigenvalue weighted by molar-refractivity contribution is 0.408. The first kappa shape index (κ1) is 11.7. The second-order valence-electron chi connectivity index (χ2n) is 4.89. The average Bonchev–Trinajstić information content (AvgIpc) is 2.23. The molecule has 1 saturated carbocycles. The van der Waals surface area contributed by atoms with Crippen LogP contribution in [0.5, 0.6) is 0 Å². The van der Waals surface area contributed by atoms with Crippen LogP contribution in [0.25, 0.3) is 0 Å². The van der Waals surface area contributed by atoms with E-state index in [4.69, 9.17) is 5.84 Å². The van der Waals surface area contributed by atoms with Crippen LogP contribution in [0.15, 0.2) is 27.5 Å². The van der Waals surface area contributed by atoms with Crippen LogP contribution in [-0.4, -0.2) is 14.3 Å². The van der Waals surface area contributed by atoms with Crippen LogP contribution in [0.3, 0.4) is 0 Å². The minimum absolute atomic E-state index is 0.180. The highest BCUT2D eigenvalue weighted by atomic mass is 32.2. The smallest absolute Gasteiger partial charge is 0.264 e. The van der Waals surface area contributed by atoms with Gasteiger partial charge in [-0.2, -0.15) is 8.42 Å². The summed E-state index contributed by atoms with van der Waals surface area (Å²) in [5, 5.41) is 1.43. The lowest BCUT2D eigenvalue weighted by atomic mass is 9.84. The number of nitrogens with two attached hydrogens (primary N) is 1. The minimum atomic E-state index is -3.60. The van der Waals surface area contributed by atoms with Crippen molar-refractivity contribution in [3.05, 3.63) is 23.8 Å². The molecule has 1 aromatic rings. The van der Waals surface area contributed by atoms with Gasteiger partial charge in [0.15, 0.2) is 0 Å². The summed E-state index contributed by atoms with van der Waals surface area (Å²) in [6.45, 7) is 1.85. The zero-order chi connectivity index (χ0) is 12.9. The van der Waals surface area contributed by atoms with Crippen molar-refractivity contribution < 1.29 is 8.42 Å². The highest BCUT2D eigenvalue weighted by molar-refractivity contribution is 7.90. The van der Waals surface area contributed by atoms with Crippen LogP contribution in [0.1, 0.15) is 24.8 Å². The molecule has 96 valence electrons. The van der Waals surface area contributed by atoms with Gasteiger partial charge in [0.25, 0.3) is 10.0 Å². The Hall–Kier alpha value is -1.40. The molecular formula is C12H15N3O2S. The van der Waals surface area contributed by atoms with Crippen molar-refractivity contribution in [2.45, 2.75) is 31.1 Å². The van der Waals surface area contributed by atoms with E-state index in [0.717, 1.165) is 24.8 Å². The van der Waals surface area contributed by atoms with Crippen molar-refractivity contribution in [1.82, 2.24) is 0 Å². The van der Waals surface area contributed by atoms with E-state index in [1.165, 1.54) is 5.01 Å². The van der Waals surface area contributed by atoms with Crippen LogP contribution >= 0.6 is 0 Å². The lowest BCUT2D eigenvalue weighted by Gasteiger charge is -2.35. The molecule has 1 aliphatic carbocycles. The second-order valence-corrected chi connectivity index (χ2v) is 6.47. The zero-order valence-corrected chi connectivity index (χ0v) is 10.9. The number of anilines is 1. The summed E-state index contributed by atoms with van der Waals surface area (Å²) in [5.41, 5.74) is 1.41. The zero-order valence-electron chi connectivity index (χ0n) is 10.1. The second kappa shape index (κ2) is 3.80. The molecule has 0 aromatic heterocycles. The molecule has 6 heteroatoms. The molecule has 0 saturated heterocycles. The molecule has 1 aliphatic heterocycles. The van der Waals surface area contributed by atoms with E-state index >= 15 is 0 Å². The van der Waals surface area contributed by atoms with E-state index in [1.54, 1.807) is 12.1 Å². The number of benzene rings is 1. The molecule has 1 heterocycles. The molecule has 5 nitrogen and oxygen atoms in total. The molecular weight excluding hydrogens is 250 g/mol. The maximum Gasteiger partial charge on any atom is 0.286 e. The van der Waals surface area contributed by atoms with Gasteiger partial charge in [-0.1, -0.05) is 12.5 Å². The maximum absolute atomic E-state index is 12.2. The van der Waals surface area contributed by atoms with Crippen molar-refractivity contribution in [1.29, 1.82) is 0 Å². The fourth-order valence-corrected chi connectivity index (χ4v) is 3.65. The molecule has 0 spiro atoms. The molecule has 2 aliphatic rings. The van der Waals surface area contributed by atoms with Crippen molar-refractivity contribution >= 4 is 21.5 Å². The maximum atomic E-state index is 12.2. The Morgan fingerprint density at radius 3 is 2.72 bits per heavy atom. The van der Waals surface area contributed by atoms with Gasteiger partial charge in [-0.3, -0.25) is 5.01 Å². The molecule has 1 fully saturated rings. The van der Waals surface area contributed by atoms with E-state index in [-0.39, 0.29) is 10.8 Å². The third-order valence-corrected chi connectivity index (χ3v) is 4.89. The highest BCUT2D eigenvalue weighted by Crippen LogP contribution is 2.36. The van der Waals surface area contributed by atoms with Gasteiger partial charge in [-0.25, -0.2) is 5.84 Å². The summed E-state index contributed by atoms with van der Waals surface area (Å²) < 4.78 is 28.2. The third kappa shape index (κ3) is 1.64. The number of nitrogens with zero attached hydrogens (tertiary/aromatic N) is 2. The van der Waals surface area contributed by atoms with Crippen LogP contribution in [0.4, 0.5) is 5.69 Å². The van der Waals surface area contributed by atoms with Crippen molar-refractivity contribution in [3.8, 4) is 0 Å². The SMILES string of the molecule is Cc1ccc2c(c1)S(=O)(=O)N=C(C1CCC1)N2N.